The topological polar surface area (TPSA) is 70.7 Å². The first-order chi connectivity index (χ1) is 11.8. The van der Waals surface area contributed by atoms with E-state index >= 15 is 0 Å². The second-order valence-corrected chi connectivity index (χ2v) is 8.25. The summed E-state index contributed by atoms with van der Waals surface area (Å²) in [6.45, 7) is 11.8. The van der Waals surface area contributed by atoms with E-state index in [4.69, 9.17) is 4.74 Å². The molecule has 6 nitrogen and oxygen atoms in total. The van der Waals surface area contributed by atoms with Crippen molar-refractivity contribution >= 4 is 23.2 Å². The lowest BCUT2D eigenvalue weighted by Crippen LogP contribution is -2.58. The molecule has 7 heteroatoms. The first kappa shape index (κ1) is 19.9. The summed E-state index contributed by atoms with van der Waals surface area (Å²) < 4.78 is 5.39. The molecule has 1 aliphatic rings. The van der Waals surface area contributed by atoms with Crippen LogP contribution in [0.3, 0.4) is 0 Å². The van der Waals surface area contributed by atoms with Gasteiger partial charge in [0.1, 0.15) is 6.04 Å². The SMILES string of the molecule is CC(C)C(NC(=O)c1cccs1)C(=O)NCC(C)(C)N1CCOCC1. The number of carbonyl (C=O) groups excluding carboxylic acids is 2. The smallest absolute Gasteiger partial charge is 0.262 e. The zero-order valence-electron chi connectivity index (χ0n) is 15.5. The highest BCUT2D eigenvalue weighted by molar-refractivity contribution is 7.12. The van der Waals surface area contributed by atoms with Gasteiger partial charge >= 0.3 is 0 Å². The molecule has 0 saturated carbocycles. The van der Waals surface area contributed by atoms with Gasteiger partial charge < -0.3 is 15.4 Å². The third-order valence-corrected chi connectivity index (χ3v) is 5.41. The molecule has 0 aliphatic carbocycles. The molecule has 2 N–H and O–H groups in total. The standard InChI is InChI=1S/C18H29N3O3S/c1-13(2)15(20-16(22)14-6-5-11-25-14)17(23)19-12-18(3,4)21-7-9-24-10-8-21/h5-6,11,13,15H,7-10,12H2,1-4H3,(H,19,23)(H,20,22). The third-order valence-electron chi connectivity index (χ3n) is 4.54. The fourth-order valence-electron chi connectivity index (χ4n) is 2.85. The van der Waals surface area contributed by atoms with Crippen LogP contribution in [0.25, 0.3) is 0 Å². The molecule has 1 aromatic heterocycles. The predicted octanol–water partition coefficient (Wildman–Crippen LogP) is 1.73. The van der Waals surface area contributed by atoms with Gasteiger partial charge in [0, 0.05) is 25.2 Å². The van der Waals surface area contributed by atoms with Crippen LogP contribution in [-0.2, 0) is 9.53 Å². The molecular formula is C18H29N3O3S. The molecule has 1 aromatic rings. The maximum absolute atomic E-state index is 12.7. The molecule has 1 atom stereocenters. The van der Waals surface area contributed by atoms with Crippen LogP contribution in [-0.4, -0.2) is 61.1 Å². The molecule has 2 rings (SSSR count). The summed E-state index contributed by atoms with van der Waals surface area (Å²) in [6, 6.07) is 3.04. The Morgan fingerprint density at radius 3 is 2.56 bits per heavy atom. The Hall–Kier alpha value is -1.44. The van der Waals surface area contributed by atoms with Crippen molar-refractivity contribution in [2.24, 2.45) is 5.92 Å². The Morgan fingerprint density at radius 1 is 1.32 bits per heavy atom. The van der Waals surface area contributed by atoms with Crippen molar-refractivity contribution in [1.29, 1.82) is 0 Å². The minimum atomic E-state index is -0.546. The molecule has 0 bridgehead atoms. The summed E-state index contributed by atoms with van der Waals surface area (Å²) in [4.78, 5) is 27.9. The lowest BCUT2D eigenvalue weighted by Gasteiger charge is -2.41. The Balaban J connectivity index is 1.92. The van der Waals surface area contributed by atoms with Gasteiger partial charge in [0.2, 0.25) is 5.91 Å². The molecule has 1 fully saturated rings. The molecule has 1 aliphatic heterocycles. The monoisotopic (exact) mass is 367 g/mol. The number of thiophene rings is 1. The Bertz CT molecular complexity index is 566. The molecule has 140 valence electrons. The number of hydrogen-bond acceptors (Lipinski definition) is 5. The Morgan fingerprint density at radius 2 is 2.00 bits per heavy atom. The van der Waals surface area contributed by atoms with Gasteiger partial charge in [-0.2, -0.15) is 0 Å². The lowest BCUT2D eigenvalue weighted by molar-refractivity contribution is -0.124. The highest BCUT2D eigenvalue weighted by atomic mass is 32.1. The number of nitrogens with zero attached hydrogens (tertiary/aromatic N) is 1. The fourth-order valence-corrected chi connectivity index (χ4v) is 3.48. The van der Waals surface area contributed by atoms with Gasteiger partial charge in [0.15, 0.2) is 0 Å². The van der Waals surface area contributed by atoms with Crippen molar-refractivity contribution in [1.82, 2.24) is 15.5 Å². The van der Waals surface area contributed by atoms with Crippen molar-refractivity contribution < 1.29 is 14.3 Å². The molecule has 0 aromatic carbocycles. The third kappa shape index (κ3) is 5.52. The summed E-state index contributed by atoms with van der Waals surface area (Å²) >= 11 is 1.37. The van der Waals surface area contributed by atoms with E-state index in [0.717, 1.165) is 26.3 Å². The quantitative estimate of drug-likeness (QED) is 0.770. The molecular weight excluding hydrogens is 338 g/mol. The summed E-state index contributed by atoms with van der Waals surface area (Å²) in [7, 11) is 0. The van der Waals surface area contributed by atoms with E-state index in [1.165, 1.54) is 11.3 Å². The molecule has 1 saturated heterocycles. The highest BCUT2D eigenvalue weighted by Gasteiger charge is 2.31. The van der Waals surface area contributed by atoms with Gasteiger partial charge in [-0.25, -0.2) is 0 Å². The maximum atomic E-state index is 12.7. The second kappa shape index (κ2) is 8.78. The second-order valence-electron chi connectivity index (χ2n) is 7.30. The lowest BCUT2D eigenvalue weighted by atomic mass is 10.00. The van der Waals surface area contributed by atoms with Crippen molar-refractivity contribution in [3.63, 3.8) is 0 Å². The molecule has 2 amide bonds. The van der Waals surface area contributed by atoms with Crippen molar-refractivity contribution in [3.05, 3.63) is 22.4 Å². The molecule has 2 heterocycles. The normalized spacial score (nSPS) is 17.3. The largest absolute Gasteiger partial charge is 0.379 e. The van der Waals surface area contributed by atoms with Crippen LogP contribution in [0.1, 0.15) is 37.4 Å². The highest BCUT2D eigenvalue weighted by Crippen LogP contribution is 2.16. The zero-order chi connectivity index (χ0) is 18.4. The van der Waals surface area contributed by atoms with Gasteiger partial charge in [-0.15, -0.1) is 11.3 Å². The number of carbonyl (C=O) groups is 2. The first-order valence-corrected chi connectivity index (χ1v) is 9.64. The summed E-state index contributed by atoms with van der Waals surface area (Å²) in [5.74, 6) is -0.326. The van der Waals surface area contributed by atoms with Gasteiger partial charge in [-0.1, -0.05) is 19.9 Å². The fraction of sp³-hybridized carbons (Fsp3) is 0.667. The van der Waals surface area contributed by atoms with Crippen molar-refractivity contribution in [2.75, 3.05) is 32.8 Å². The van der Waals surface area contributed by atoms with E-state index in [1.807, 2.05) is 25.3 Å². The number of ether oxygens (including phenoxy) is 1. The first-order valence-electron chi connectivity index (χ1n) is 8.76. The summed E-state index contributed by atoms with van der Waals surface area (Å²) in [5.41, 5.74) is -0.154. The van der Waals surface area contributed by atoms with Crippen LogP contribution in [0.5, 0.6) is 0 Å². The minimum Gasteiger partial charge on any atom is -0.379 e. The molecule has 0 spiro atoms. The summed E-state index contributed by atoms with van der Waals surface area (Å²) in [6.07, 6.45) is 0. The predicted molar refractivity (Wildman–Crippen MR) is 99.9 cm³/mol. The van der Waals surface area contributed by atoms with Gasteiger partial charge in [-0.3, -0.25) is 14.5 Å². The molecule has 25 heavy (non-hydrogen) atoms. The Labute approximate surface area is 153 Å². The van der Waals surface area contributed by atoms with Crippen LogP contribution < -0.4 is 10.6 Å². The number of morpholine rings is 1. The number of amides is 2. The van der Waals surface area contributed by atoms with Crippen LogP contribution in [0, 0.1) is 5.92 Å². The number of nitrogens with one attached hydrogen (secondary N) is 2. The van der Waals surface area contributed by atoms with Crippen LogP contribution in [0.2, 0.25) is 0 Å². The Kier molecular flexibility index (Phi) is 6.98. The van der Waals surface area contributed by atoms with E-state index < -0.39 is 6.04 Å². The number of rotatable bonds is 7. The zero-order valence-corrected chi connectivity index (χ0v) is 16.3. The minimum absolute atomic E-state index is 0.00964. The maximum Gasteiger partial charge on any atom is 0.262 e. The molecule has 0 radical (unpaired) electrons. The van der Waals surface area contributed by atoms with E-state index in [9.17, 15) is 9.59 Å². The van der Waals surface area contributed by atoms with Gasteiger partial charge in [0.05, 0.1) is 18.1 Å². The van der Waals surface area contributed by atoms with Crippen LogP contribution in [0.4, 0.5) is 0 Å². The average Bonchev–Trinajstić information content (AvgIpc) is 3.12. The van der Waals surface area contributed by atoms with Crippen LogP contribution >= 0.6 is 11.3 Å². The van der Waals surface area contributed by atoms with E-state index in [2.05, 4.69) is 29.4 Å². The van der Waals surface area contributed by atoms with Gasteiger partial charge in [-0.05, 0) is 31.2 Å². The van der Waals surface area contributed by atoms with E-state index in [1.54, 1.807) is 6.07 Å². The van der Waals surface area contributed by atoms with Crippen molar-refractivity contribution in [3.8, 4) is 0 Å². The number of hydrogen-bond donors (Lipinski definition) is 2. The van der Waals surface area contributed by atoms with Crippen molar-refractivity contribution in [2.45, 2.75) is 39.3 Å². The molecule has 1 unspecified atom stereocenters. The van der Waals surface area contributed by atoms with Gasteiger partial charge in [0.25, 0.3) is 5.91 Å². The summed E-state index contributed by atoms with van der Waals surface area (Å²) in [5, 5.41) is 7.73. The van der Waals surface area contributed by atoms with E-state index in [0.29, 0.717) is 11.4 Å². The average molecular weight is 368 g/mol. The van der Waals surface area contributed by atoms with E-state index in [-0.39, 0.29) is 23.3 Å². The van der Waals surface area contributed by atoms with Crippen LogP contribution in [0.15, 0.2) is 17.5 Å².